The lowest BCUT2D eigenvalue weighted by molar-refractivity contribution is -0.167. The third-order valence-electron chi connectivity index (χ3n) is 7.43. The van der Waals surface area contributed by atoms with Crippen molar-refractivity contribution < 1.29 is 35.1 Å². The van der Waals surface area contributed by atoms with Crippen LogP contribution in [0.2, 0.25) is 0 Å². The first-order chi connectivity index (χ1) is 17.8. The Bertz CT molecular complexity index is 811. The van der Waals surface area contributed by atoms with Crippen molar-refractivity contribution in [1.82, 2.24) is 0 Å². The maximum atomic E-state index is 11.7. The number of aliphatic hydroxyl groups is 5. The van der Waals surface area contributed by atoms with Crippen LogP contribution in [0.25, 0.3) is 0 Å². The van der Waals surface area contributed by atoms with Crippen LogP contribution in [0.3, 0.4) is 0 Å². The number of hydrogen-bond donors (Lipinski definition) is 5. The SMILES string of the molecule is CC(=O)O[C@H](CC[C@@](C)(O)[C@@H](O)CC/C=C(\C)CC/C=C(\C)CCC=C(C)C)[C@@](C)(O)CC[C@H](O)C(C)(C)O. The fourth-order valence-corrected chi connectivity index (χ4v) is 4.37. The third kappa shape index (κ3) is 17.0. The molecular weight excluding hydrogens is 496 g/mol. The topological polar surface area (TPSA) is 127 Å². The van der Waals surface area contributed by atoms with E-state index in [0.29, 0.717) is 12.8 Å². The third-order valence-corrected chi connectivity index (χ3v) is 7.43. The molecule has 0 aromatic carbocycles. The number of carbonyl (C=O) groups excluding carboxylic acids is 1. The number of aliphatic hydroxyl groups excluding tert-OH is 2. The Kier molecular flexibility index (Phi) is 16.7. The van der Waals surface area contributed by atoms with Crippen LogP contribution in [-0.2, 0) is 9.53 Å². The van der Waals surface area contributed by atoms with E-state index in [1.165, 1.54) is 44.4 Å². The molecule has 0 fully saturated rings. The molecule has 7 nitrogen and oxygen atoms in total. The van der Waals surface area contributed by atoms with Gasteiger partial charge in [0.1, 0.15) is 6.10 Å². The zero-order valence-corrected chi connectivity index (χ0v) is 26.1. The summed E-state index contributed by atoms with van der Waals surface area (Å²) >= 11 is 0. The van der Waals surface area contributed by atoms with Gasteiger partial charge in [0.25, 0.3) is 0 Å². The second kappa shape index (κ2) is 17.3. The summed E-state index contributed by atoms with van der Waals surface area (Å²) in [6.07, 6.45) is 9.17. The number of allylic oxidation sites excluding steroid dienone is 6. The standard InChI is InChI=1S/C32H58O7/c1-23(2)13-10-14-24(3)15-11-16-25(4)17-12-18-28(35)31(8,37)22-20-29(39-26(5)33)32(9,38)21-19-27(34)30(6,7)36/h13,15,17,27-29,34-38H,10-12,14,16,18-22H2,1-9H3/b24-15+,25-17+/t27-,28-,29+,31+,32-/m0/s1. The molecule has 0 bridgehead atoms. The van der Waals surface area contributed by atoms with E-state index in [0.717, 1.165) is 25.7 Å². The lowest BCUT2D eigenvalue weighted by Crippen LogP contribution is -2.47. The normalized spacial score (nSPS) is 18.5. The highest BCUT2D eigenvalue weighted by Crippen LogP contribution is 2.30. The minimum atomic E-state index is -1.49. The lowest BCUT2D eigenvalue weighted by atomic mass is 9.83. The highest BCUT2D eigenvalue weighted by atomic mass is 16.6. The van der Waals surface area contributed by atoms with Gasteiger partial charge in [-0.3, -0.25) is 4.79 Å². The van der Waals surface area contributed by atoms with E-state index in [2.05, 4.69) is 45.9 Å². The van der Waals surface area contributed by atoms with Crippen molar-refractivity contribution in [2.75, 3.05) is 0 Å². The van der Waals surface area contributed by atoms with Gasteiger partial charge in [-0.2, -0.15) is 0 Å². The van der Waals surface area contributed by atoms with Crippen LogP contribution >= 0.6 is 0 Å². The van der Waals surface area contributed by atoms with Crippen molar-refractivity contribution >= 4 is 5.97 Å². The first kappa shape index (κ1) is 37.5. The quantitative estimate of drug-likeness (QED) is 0.103. The van der Waals surface area contributed by atoms with Gasteiger partial charge in [0.05, 0.1) is 29.0 Å². The molecule has 0 heterocycles. The van der Waals surface area contributed by atoms with E-state index < -0.39 is 41.1 Å². The number of esters is 1. The molecule has 5 atom stereocenters. The van der Waals surface area contributed by atoms with Crippen molar-refractivity contribution in [3.8, 4) is 0 Å². The molecule has 0 aromatic heterocycles. The first-order valence-corrected chi connectivity index (χ1v) is 14.4. The summed E-state index contributed by atoms with van der Waals surface area (Å²) in [5.41, 5.74) is -0.265. The molecule has 39 heavy (non-hydrogen) atoms. The van der Waals surface area contributed by atoms with Crippen LogP contribution < -0.4 is 0 Å². The summed E-state index contributed by atoms with van der Waals surface area (Å²) in [5.74, 6) is -0.568. The van der Waals surface area contributed by atoms with Crippen LogP contribution in [0.15, 0.2) is 34.9 Å². The van der Waals surface area contributed by atoms with Crippen LogP contribution in [0.1, 0.15) is 127 Å². The summed E-state index contributed by atoms with van der Waals surface area (Å²) in [6, 6.07) is 0. The summed E-state index contributed by atoms with van der Waals surface area (Å²) in [7, 11) is 0. The molecule has 228 valence electrons. The summed E-state index contributed by atoms with van der Waals surface area (Å²) in [6.45, 7) is 15.8. The molecule has 0 amide bonds. The van der Waals surface area contributed by atoms with Crippen molar-refractivity contribution in [1.29, 1.82) is 0 Å². The van der Waals surface area contributed by atoms with Crippen molar-refractivity contribution in [2.24, 2.45) is 0 Å². The number of ether oxygens (including phenoxy) is 1. The summed E-state index contributed by atoms with van der Waals surface area (Å²) in [4.78, 5) is 11.7. The summed E-state index contributed by atoms with van der Waals surface area (Å²) < 4.78 is 5.36. The average molecular weight is 555 g/mol. The van der Waals surface area contributed by atoms with Gasteiger partial charge in [-0.1, -0.05) is 34.9 Å². The molecule has 7 heteroatoms. The van der Waals surface area contributed by atoms with E-state index in [1.54, 1.807) is 6.92 Å². The molecule has 0 aliphatic heterocycles. The number of hydrogen-bond acceptors (Lipinski definition) is 7. The van der Waals surface area contributed by atoms with Gasteiger partial charge in [-0.25, -0.2) is 0 Å². The Morgan fingerprint density at radius 1 is 0.692 bits per heavy atom. The molecule has 0 aliphatic rings. The van der Waals surface area contributed by atoms with Crippen LogP contribution in [0.4, 0.5) is 0 Å². The molecular formula is C32H58O7. The Hall–Kier alpha value is -1.51. The zero-order chi connectivity index (χ0) is 30.4. The monoisotopic (exact) mass is 554 g/mol. The average Bonchev–Trinajstić information content (AvgIpc) is 2.78. The van der Waals surface area contributed by atoms with Crippen molar-refractivity contribution in [3.05, 3.63) is 34.9 Å². The molecule has 0 aromatic rings. The van der Waals surface area contributed by atoms with E-state index >= 15 is 0 Å². The molecule has 0 rings (SSSR count). The van der Waals surface area contributed by atoms with Crippen molar-refractivity contribution in [3.63, 3.8) is 0 Å². The second-order valence-electron chi connectivity index (χ2n) is 12.6. The first-order valence-electron chi connectivity index (χ1n) is 14.4. The largest absolute Gasteiger partial charge is 0.460 e. The van der Waals surface area contributed by atoms with E-state index in [-0.39, 0.29) is 25.7 Å². The van der Waals surface area contributed by atoms with Gasteiger partial charge >= 0.3 is 5.97 Å². The Morgan fingerprint density at radius 3 is 1.67 bits per heavy atom. The summed E-state index contributed by atoms with van der Waals surface area (Å²) in [5, 5.41) is 52.8. The molecule has 0 saturated heterocycles. The predicted molar refractivity (Wildman–Crippen MR) is 158 cm³/mol. The van der Waals surface area contributed by atoms with Gasteiger partial charge in [0, 0.05) is 6.92 Å². The van der Waals surface area contributed by atoms with Gasteiger partial charge in [0.15, 0.2) is 0 Å². The molecule has 0 aliphatic carbocycles. The highest BCUT2D eigenvalue weighted by Gasteiger charge is 2.39. The number of carbonyl (C=O) groups is 1. The Morgan fingerprint density at radius 2 is 1.18 bits per heavy atom. The number of rotatable bonds is 19. The fraction of sp³-hybridized carbons (Fsp3) is 0.781. The molecule has 5 N–H and O–H groups in total. The minimum absolute atomic E-state index is 0.0784. The van der Waals surface area contributed by atoms with E-state index in [1.807, 2.05) is 0 Å². The molecule has 0 saturated carbocycles. The van der Waals surface area contributed by atoms with Gasteiger partial charge < -0.3 is 30.3 Å². The Labute approximate surface area is 237 Å². The second-order valence-corrected chi connectivity index (χ2v) is 12.6. The Balaban J connectivity index is 4.87. The maximum Gasteiger partial charge on any atom is 0.303 e. The van der Waals surface area contributed by atoms with E-state index in [4.69, 9.17) is 4.74 Å². The van der Waals surface area contributed by atoms with Gasteiger partial charge in [0.2, 0.25) is 0 Å². The van der Waals surface area contributed by atoms with Gasteiger partial charge in [-0.05, 0) is 120 Å². The van der Waals surface area contributed by atoms with E-state index in [9.17, 15) is 30.3 Å². The van der Waals surface area contributed by atoms with Gasteiger partial charge in [-0.15, -0.1) is 0 Å². The van der Waals surface area contributed by atoms with Crippen LogP contribution in [0, 0.1) is 0 Å². The zero-order valence-electron chi connectivity index (χ0n) is 26.1. The molecule has 0 spiro atoms. The molecule has 0 radical (unpaired) electrons. The fourth-order valence-electron chi connectivity index (χ4n) is 4.37. The molecule has 0 unspecified atom stereocenters. The highest BCUT2D eigenvalue weighted by molar-refractivity contribution is 5.66. The van der Waals surface area contributed by atoms with Crippen LogP contribution in [0.5, 0.6) is 0 Å². The predicted octanol–water partition coefficient (Wildman–Crippen LogP) is 5.67. The van der Waals surface area contributed by atoms with Crippen molar-refractivity contribution in [2.45, 2.75) is 162 Å². The maximum absolute atomic E-state index is 11.7. The lowest BCUT2D eigenvalue weighted by Gasteiger charge is -2.36. The minimum Gasteiger partial charge on any atom is -0.460 e. The smallest absolute Gasteiger partial charge is 0.303 e. The van der Waals surface area contributed by atoms with Crippen LogP contribution in [-0.4, -0.2) is 66.6 Å².